The van der Waals surface area contributed by atoms with Crippen LogP contribution in [0.2, 0.25) is 0 Å². The van der Waals surface area contributed by atoms with Gasteiger partial charge in [0.25, 0.3) is 0 Å². The van der Waals surface area contributed by atoms with Crippen LogP contribution < -0.4 is 0 Å². The van der Waals surface area contributed by atoms with E-state index in [1.807, 2.05) is 0 Å². The van der Waals surface area contributed by atoms with Crippen molar-refractivity contribution in [1.29, 1.82) is 0 Å². The van der Waals surface area contributed by atoms with Crippen LogP contribution >= 0.6 is 0 Å². The molecule has 1 aromatic carbocycles. The normalized spacial score (nSPS) is 10.1. The van der Waals surface area contributed by atoms with Gasteiger partial charge in [-0.25, -0.2) is 4.39 Å². The fraction of sp³-hybridized carbons (Fsp3) is 0. The molecule has 15 heavy (non-hydrogen) atoms. The minimum absolute atomic E-state index is 0.0833. The average Bonchev–Trinajstić information content (AvgIpc) is 2.10. The highest BCUT2D eigenvalue weighted by Gasteiger charge is 2.30. The van der Waals surface area contributed by atoms with Crippen molar-refractivity contribution in [2.45, 2.75) is 0 Å². The van der Waals surface area contributed by atoms with E-state index in [9.17, 15) is 32.5 Å². The zero-order chi connectivity index (χ0) is 11.7. The van der Waals surface area contributed by atoms with Gasteiger partial charge in [-0.3, -0.25) is 14.9 Å². The molecule has 4 nitrogen and oxygen atoms in total. The molecule has 0 spiro atoms. The van der Waals surface area contributed by atoms with Crippen molar-refractivity contribution >= 4 is 11.7 Å². The number of nitrogens with zero attached hydrogens (tertiary/aromatic N) is 1. The van der Waals surface area contributed by atoms with E-state index in [4.69, 9.17) is 0 Å². The fourth-order valence-corrected chi connectivity index (χ4v) is 0.894. The first-order valence-corrected chi connectivity index (χ1v) is 3.38. The van der Waals surface area contributed by atoms with E-state index in [1.165, 1.54) is 0 Å². The Balaban J connectivity index is 3.63. The minimum Gasteiger partial charge on any atom is -0.258 e. The van der Waals surface area contributed by atoms with Gasteiger partial charge in [-0.1, -0.05) is 0 Å². The smallest absolute Gasteiger partial charge is 0.258 e. The molecular weight excluding hydrogens is 222 g/mol. The molecule has 0 N–H and O–H groups in total. The van der Waals surface area contributed by atoms with Crippen LogP contribution in [0, 0.1) is 27.6 Å². The highest BCUT2D eigenvalue weighted by molar-refractivity contribution is 5.89. The second-order valence-electron chi connectivity index (χ2n) is 2.41. The van der Waals surface area contributed by atoms with Gasteiger partial charge in [0.15, 0.2) is 5.82 Å². The molecule has 0 heterocycles. The van der Waals surface area contributed by atoms with E-state index in [-0.39, 0.29) is 6.07 Å². The van der Waals surface area contributed by atoms with E-state index >= 15 is 0 Å². The lowest BCUT2D eigenvalue weighted by Crippen LogP contribution is -2.06. The first kappa shape index (κ1) is 11.1. The number of hydrogen-bond acceptors (Lipinski definition) is 3. The summed E-state index contributed by atoms with van der Waals surface area (Å²) >= 11 is 0. The molecule has 0 unspecified atom stereocenters. The van der Waals surface area contributed by atoms with Gasteiger partial charge in [-0.05, 0) is 6.07 Å². The number of hydrogen-bond donors (Lipinski definition) is 0. The van der Waals surface area contributed by atoms with Crippen molar-refractivity contribution in [2.75, 3.05) is 0 Å². The van der Waals surface area contributed by atoms with Crippen molar-refractivity contribution in [2.24, 2.45) is 0 Å². The second kappa shape index (κ2) is 3.64. The van der Waals surface area contributed by atoms with Gasteiger partial charge in [0, 0.05) is 0 Å². The molecule has 0 aliphatic carbocycles. The van der Waals surface area contributed by atoms with Crippen molar-refractivity contribution in [1.82, 2.24) is 0 Å². The summed E-state index contributed by atoms with van der Waals surface area (Å²) in [7, 11) is 0. The highest BCUT2D eigenvalue weighted by Crippen LogP contribution is 2.27. The van der Waals surface area contributed by atoms with Gasteiger partial charge in [0.05, 0.1) is 10.5 Å². The predicted octanol–water partition coefficient (Wildman–Crippen LogP) is 2.12. The lowest BCUT2D eigenvalue weighted by molar-refractivity contribution is -0.390. The lowest BCUT2D eigenvalue weighted by atomic mass is 10.2. The van der Waals surface area contributed by atoms with Gasteiger partial charge in [-0.15, -0.1) is 0 Å². The number of rotatable bonds is 2. The van der Waals surface area contributed by atoms with Gasteiger partial charge < -0.3 is 0 Å². The number of nitro benzene ring substituents is 1. The number of carbonyl (C=O) groups is 1. The Morgan fingerprint density at radius 2 is 1.80 bits per heavy atom. The number of carbonyl (C=O) groups excluding carboxylic acids is 1. The third-order valence-corrected chi connectivity index (χ3v) is 1.53. The zero-order valence-corrected chi connectivity index (χ0v) is 6.76. The monoisotopic (exact) mass is 223 g/mol. The molecule has 0 atom stereocenters. The first-order valence-electron chi connectivity index (χ1n) is 3.38. The Kier molecular flexibility index (Phi) is 2.69. The zero-order valence-electron chi connectivity index (χ0n) is 6.76. The molecule has 80 valence electrons. The van der Waals surface area contributed by atoms with Crippen molar-refractivity contribution in [3.63, 3.8) is 0 Å². The van der Waals surface area contributed by atoms with Crippen LogP contribution in [0.1, 0.15) is 10.4 Å². The van der Waals surface area contributed by atoms with Crippen LogP contribution in [0.5, 0.6) is 0 Å². The van der Waals surface area contributed by atoms with Crippen LogP contribution in [-0.4, -0.2) is 11.0 Å². The summed E-state index contributed by atoms with van der Waals surface area (Å²) < 4.78 is 50.2. The van der Waals surface area contributed by atoms with Crippen molar-refractivity contribution in [3.8, 4) is 0 Å². The molecule has 0 fully saturated rings. The third-order valence-electron chi connectivity index (χ3n) is 1.53. The molecule has 1 aromatic rings. The molecule has 0 aromatic heterocycles. The van der Waals surface area contributed by atoms with Gasteiger partial charge in [-0.2, -0.15) is 13.2 Å². The Morgan fingerprint density at radius 3 is 2.20 bits per heavy atom. The second-order valence-corrected chi connectivity index (χ2v) is 2.41. The number of nitro groups is 1. The molecule has 0 aliphatic rings. The van der Waals surface area contributed by atoms with Gasteiger partial charge in [0.1, 0.15) is 0 Å². The molecule has 0 saturated carbocycles. The Bertz CT molecular complexity index is 460. The number of halogens is 4. The summed E-state index contributed by atoms with van der Waals surface area (Å²) in [6.45, 7) is 0. The van der Waals surface area contributed by atoms with Crippen LogP contribution in [-0.2, 0) is 0 Å². The van der Waals surface area contributed by atoms with E-state index in [0.717, 1.165) is 0 Å². The van der Waals surface area contributed by atoms with Crippen LogP contribution in [0.25, 0.3) is 0 Å². The quantitative estimate of drug-likeness (QED) is 0.253. The summed E-state index contributed by atoms with van der Waals surface area (Å²) in [4.78, 5) is 18.6. The number of benzene rings is 1. The average molecular weight is 223 g/mol. The van der Waals surface area contributed by atoms with Crippen LogP contribution in [0.4, 0.5) is 23.2 Å². The fourth-order valence-electron chi connectivity index (χ4n) is 0.894. The maximum atomic E-state index is 12.9. The minimum atomic E-state index is -2.42. The largest absolute Gasteiger partial charge is 0.344 e. The molecule has 0 saturated heterocycles. The summed E-state index contributed by atoms with van der Waals surface area (Å²) in [5, 5.41) is 10.1. The third kappa shape index (κ3) is 1.78. The Labute approximate surface area is 79.3 Å². The van der Waals surface area contributed by atoms with E-state index in [1.54, 1.807) is 0 Å². The van der Waals surface area contributed by atoms with Crippen LogP contribution in [0.3, 0.4) is 0 Å². The van der Waals surface area contributed by atoms with Crippen molar-refractivity contribution in [3.05, 3.63) is 39.2 Å². The molecule has 0 amide bonds. The molecular formula is C7HF4NO3. The molecule has 1 rings (SSSR count). The summed E-state index contributed by atoms with van der Waals surface area (Å²) in [5.41, 5.74) is -3.41. The lowest BCUT2D eigenvalue weighted by Gasteiger charge is -2.00. The van der Waals surface area contributed by atoms with E-state index in [2.05, 4.69) is 0 Å². The topological polar surface area (TPSA) is 60.2 Å². The molecule has 0 aliphatic heterocycles. The standard InChI is InChI=1S/C7HF4NO3/c8-3-1-2(7(11)13)4(9)6(5(3)10)12(14)15/h1H. The predicted molar refractivity (Wildman–Crippen MR) is 38.4 cm³/mol. The Hall–Kier alpha value is -1.99. The maximum Gasteiger partial charge on any atom is 0.344 e. The van der Waals surface area contributed by atoms with Gasteiger partial charge >= 0.3 is 11.7 Å². The van der Waals surface area contributed by atoms with Gasteiger partial charge in [0.2, 0.25) is 11.6 Å². The van der Waals surface area contributed by atoms with E-state index < -0.39 is 39.7 Å². The summed E-state index contributed by atoms with van der Waals surface area (Å²) in [6.07, 6.45) is 0. The summed E-state index contributed by atoms with van der Waals surface area (Å²) in [6, 6.07) is -2.51. The van der Waals surface area contributed by atoms with Crippen LogP contribution in [0.15, 0.2) is 6.07 Å². The summed E-state index contributed by atoms with van der Waals surface area (Å²) in [5.74, 6) is -5.99. The molecule has 8 heteroatoms. The van der Waals surface area contributed by atoms with E-state index in [0.29, 0.717) is 0 Å². The highest BCUT2D eigenvalue weighted by atomic mass is 19.2. The Morgan fingerprint density at radius 1 is 1.27 bits per heavy atom. The molecule has 0 bridgehead atoms. The molecule has 0 radical (unpaired) electrons. The first-order chi connectivity index (χ1) is 6.86. The maximum absolute atomic E-state index is 12.9. The SMILES string of the molecule is O=C(F)c1cc(F)c(F)c([N+](=O)[O-])c1F. The van der Waals surface area contributed by atoms with Crippen molar-refractivity contribution < 1.29 is 27.3 Å².